The van der Waals surface area contributed by atoms with Gasteiger partial charge in [-0.05, 0) is 49.2 Å². The molecule has 2 N–H and O–H groups in total. The van der Waals surface area contributed by atoms with E-state index in [4.69, 9.17) is 9.47 Å². The lowest BCUT2D eigenvalue weighted by molar-refractivity contribution is 0.0224. The number of benzene rings is 4. The summed E-state index contributed by atoms with van der Waals surface area (Å²) in [6.07, 6.45) is 2.39. The van der Waals surface area contributed by atoms with Crippen LogP contribution in [0.5, 0.6) is 11.5 Å². The lowest BCUT2D eigenvalue weighted by atomic mass is 9.77. The Balaban J connectivity index is 1.45. The van der Waals surface area contributed by atoms with Gasteiger partial charge in [-0.2, -0.15) is 0 Å². The van der Waals surface area contributed by atoms with Crippen LogP contribution in [-0.2, 0) is 10.3 Å². The molecule has 0 amide bonds. The third kappa shape index (κ3) is 3.29. The van der Waals surface area contributed by atoms with Crippen LogP contribution >= 0.6 is 0 Å². The van der Waals surface area contributed by atoms with Crippen LogP contribution in [0.2, 0.25) is 0 Å². The minimum Gasteiger partial charge on any atom is -0.456 e. The second-order valence-corrected chi connectivity index (χ2v) is 9.73. The van der Waals surface area contributed by atoms with Crippen molar-refractivity contribution in [3.8, 4) is 11.5 Å². The van der Waals surface area contributed by atoms with Gasteiger partial charge in [0.1, 0.15) is 11.5 Å². The topological polar surface area (TPSA) is 62.8 Å². The second-order valence-electron chi connectivity index (χ2n) is 9.73. The first-order valence-electron chi connectivity index (χ1n) is 12.8. The van der Waals surface area contributed by atoms with E-state index in [2.05, 4.69) is 33.7 Å². The number of carbonyl (C=O) groups excluding carboxylic acids is 1. The van der Waals surface area contributed by atoms with Crippen molar-refractivity contribution in [2.45, 2.75) is 18.4 Å². The van der Waals surface area contributed by atoms with Gasteiger partial charge in [0.15, 0.2) is 5.60 Å². The van der Waals surface area contributed by atoms with Crippen molar-refractivity contribution in [3.05, 3.63) is 107 Å². The molecule has 0 radical (unpaired) electrons. The average Bonchev–Trinajstić information content (AvgIpc) is 3.57. The summed E-state index contributed by atoms with van der Waals surface area (Å²) >= 11 is 0. The molecule has 184 valence electrons. The van der Waals surface area contributed by atoms with Crippen molar-refractivity contribution < 1.29 is 14.3 Å². The van der Waals surface area contributed by atoms with Gasteiger partial charge in [-0.3, -0.25) is 0 Å². The van der Waals surface area contributed by atoms with Gasteiger partial charge in [-0.1, -0.05) is 36.4 Å². The van der Waals surface area contributed by atoms with E-state index in [1.807, 2.05) is 73.8 Å². The molecule has 6 heteroatoms. The number of carbonyl (C=O) groups is 1. The quantitative estimate of drug-likeness (QED) is 0.313. The first-order valence-corrected chi connectivity index (χ1v) is 12.8. The van der Waals surface area contributed by atoms with Crippen molar-refractivity contribution in [2.75, 3.05) is 35.7 Å². The number of para-hydroxylation sites is 1. The predicted molar refractivity (Wildman–Crippen MR) is 145 cm³/mol. The molecule has 37 heavy (non-hydrogen) atoms. The Morgan fingerprint density at radius 1 is 0.784 bits per heavy atom. The molecule has 1 saturated heterocycles. The third-order valence-corrected chi connectivity index (χ3v) is 7.63. The van der Waals surface area contributed by atoms with E-state index in [-0.39, 0.29) is 5.97 Å². The first-order chi connectivity index (χ1) is 18.2. The smallest absolute Gasteiger partial charge is 0.340 e. The summed E-state index contributed by atoms with van der Waals surface area (Å²) in [6.45, 7) is 2.08. The van der Waals surface area contributed by atoms with E-state index in [0.29, 0.717) is 17.1 Å². The van der Waals surface area contributed by atoms with Crippen LogP contribution < -0.4 is 20.3 Å². The van der Waals surface area contributed by atoms with Gasteiger partial charge in [0, 0.05) is 60.3 Å². The van der Waals surface area contributed by atoms with Crippen LogP contribution in [0, 0.1) is 0 Å². The lowest BCUT2D eigenvalue weighted by Crippen LogP contribution is -2.33. The number of esters is 1. The molecule has 6 nitrogen and oxygen atoms in total. The predicted octanol–water partition coefficient (Wildman–Crippen LogP) is 6.64. The molecular formula is C31H27N3O3. The molecule has 3 aliphatic rings. The lowest BCUT2D eigenvalue weighted by Gasteiger charge is -2.37. The molecule has 1 atom stereocenters. The summed E-state index contributed by atoms with van der Waals surface area (Å²) in [7, 11) is 1.89. The Hall–Kier alpha value is -4.45. The van der Waals surface area contributed by atoms with Crippen molar-refractivity contribution in [1.82, 2.24) is 0 Å². The number of nitrogens with zero attached hydrogens (tertiary/aromatic N) is 1. The Labute approximate surface area is 215 Å². The van der Waals surface area contributed by atoms with E-state index in [1.165, 1.54) is 12.8 Å². The van der Waals surface area contributed by atoms with E-state index >= 15 is 0 Å². The minimum absolute atomic E-state index is 0.326. The third-order valence-electron chi connectivity index (χ3n) is 7.63. The fourth-order valence-corrected chi connectivity index (χ4v) is 5.87. The number of anilines is 4. The molecule has 4 aromatic carbocycles. The molecule has 3 heterocycles. The highest BCUT2D eigenvalue weighted by atomic mass is 16.6. The SMILES string of the molecule is CNc1cc2c(cc1Nc1ccccc1)C1(OC(=O)c3ccccc31)c1ccc(N3CCCC3)cc1O2. The second kappa shape index (κ2) is 8.30. The normalized spacial score (nSPS) is 19.1. The molecular weight excluding hydrogens is 462 g/mol. The molecule has 1 spiro atoms. The van der Waals surface area contributed by atoms with E-state index in [9.17, 15) is 4.79 Å². The zero-order valence-electron chi connectivity index (χ0n) is 20.6. The summed E-state index contributed by atoms with van der Waals surface area (Å²) in [4.78, 5) is 15.6. The zero-order valence-corrected chi connectivity index (χ0v) is 20.6. The van der Waals surface area contributed by atoms with Crippen LogP contribution in [-0.4, -0.2) is 26.1 Å². The summed E-state index contributed by atoms with van der Waals surface area (Å²) in [5, 5.41) is 6.81. The van der Waals surface area contributed by atoms with E-state index < -0.39 is 5.60 Å². The van der Waals surface area contributed by atoms with Crippen molar-refractivity contribution >= 4 is 28.7 Å². The van der Waals surface area contributed by atoms with Gasteiger partial charge in [-0.25, -0.2) is 4.79 Å². The van der Waals surface area contributed by atoms with Crippen LogP contribution in [0.3, 0.4) is 0 Å². The molecule has 1 unspecified atom stereocenters. The largest absolute Gasteiger partial charge is 0.456 e. The Morgan fingerprint density at radius 2 is 1.54 bits per heavy atom. The summed E-state index contributed by atoms with van der Waals surface area (Å²) < 4.78 is 13.0. The number of ether oxygens (including phenoxy) is 2. The molecule has 4 aromatic rings. The number of hydrogen-bond donors (Lipinski definition) is 2. The standard InChI is InChI=1S/C31H27N3O3/c1-32-26-19-29-25(18-27(26)33-20-9-3-2-4-10-20)31(23-12-6-5-11-22(23)30(35)37-31)24-14-13-21(17-28(24)36-29)34-15-7-8-16-34/h2-6,9-14,17-19,32-33H,7-8,15-16H2,1H3. The minimum atomic E-state index is -1.10. The maximum absolute atomic E-state index is 13.2. The Morgan fingerprint density at radius 3 is 2.35 bits per heavy atom. The van der Waals surface area contributed by atoms with Gasteiger partial charge in [-0.15, -0.1) is 0 Å². The van der Waals surface area contributed by atoms with Gasteiger partial charge in [0.2, 0.25) is 0 Å². The number of rotatable bonds is 4. The molecule has 7 rings (SSSR count). The Bertz CT molecular complexity index is 1530. The first kappa shape index (κ1) is 21.8. The van der Waals surface area contributed by atoms with E-state index in [1.54, 1.807) is 0 Å². The van der Waals surface area contributed by atoms with Crippen molar-refractivity contribution in [2.24, 2.45) is 0 Å². The van der Waals surface area contributed by atoms with Crippen LogP contribution in [0.4, 0.5) is 22.7 Å². The summed E-state index contributed by atoms with van der Waals surface area (Å²) in [5.41, 5.74) is 5.80. The van der Waals surface area contributed by atoms with Crippen LogP contribution in [0.15, 0.2) is 84.9 Å². The maximum atomic E-state index is 13.2. The highest BCUT2D eigenvalue weighted by molar-refractivity contribution is 5.97. The highest BCUT2D eigenvalue weighted by Gasteiger charge is 2.53. The average molecular weight is 490 g/mol. The maximum Gasteiger partial charge on any atom is 0.340 e. The molecule has 0 aliphatic carbocycles. The fraction of sp³-hybridized carbons (Fsp3) is 0.194. The summed E-state index contributed by atoms with van der Waals surface area (Å²) in [5.74, 6) is 1.05. The van der Waals surface area contributed by atoms with Crippen molar-refractivity contribution in [3.63, 3.8) is 0 Å². The number of hydrogen-bond acceptors (Lipinski definition) is 6. The van der Waals surface area contributed by atoms with Gasteiger partial charge < -0.3 is 25.0 Å². The monoisotopic (exact) mass is 489 g/mol. The molecule has 0 bridgehead atoms. The molecule has 0 aromatic heterocycles. The van der Waals surface area contributed by atoms with Gasteiger partial charge in [0.05, 0.1) is 16.9 Å². The van der Waals surface area contributed by atoms with Gasteiger partial charge >= 0.3 is 5.97 Å². The number of nitrogens with one attached hydrogen (secondary N) is 2. The number of fused-ring (bicyclic) bond motifs is 6. The molecule has 1 fully saturated rings. The van der Waals surface area contributed by atoms with Crippen LogP contribution in [0.1, 0.15) is 39.9 Å². The van der Waals surface area contributed by atoms with Crippen LogP contribution in [0.25, 0.3) is 0 Å². The zero-order chi connectivity index (χ0) is 25.0. The van der Waals surface area contributed by atoms with E-state index in [0.717, 1.165) is 52.5 Å². The highest BCUT2D eigenvalue weighted by Crippen LogP contribution is 2.58. The molecule has 0 saturated carbocycles. The summed E-state index contributed by atoms with van der Waals surface area (Å²) in [6, 6.07) is 28.0. The van der Waals surface area contributed by atoms with Crippen molar-refractivity contribution in [1.29, 1.82) is 0 Å². The van der Waals surface area contributed by atoms with Gasteiger partial charge in [0.25, 0.3) is 0 Å². The Kier molecular flexibility index (Phi) is 4.89. The fourth-order valence-electron chi connectivity index (χ4n) is 5.87. The molecule has 3 aliphatic heterocycles.